The van der Waals surface area contributed by atoms with Crippen molar-refractivity contribution in [3.63, 3.8) is 0 Å². The van der Waals surface area contributed by atoms with Gasteiger partial charge in [0.05, 0.1) is 6.61 Å². The highest BCUT2D eigenvalue weighted by molar-refractivity contribution is 5.81. The molecule has 16 heavy (non-hydrogen) atoms. The van der Waals surface area contributed by atoms with Gasteiger partial charge in [0.15, 0.2) is 0 Å². The number of ether oxygens (including phenoxy) is 1. The molecule has 0 rings (SSSR count). The van der Waals surface area contributed by atoms with E-state index in [1.165, 1.54) is 6.08 Å². The van der Waals surface area contributed by atoms with E-state index in [2.05, 4.69) is 13.8 Å². The summed E-state index contributed by atoms with van der Waals surface area (Å²) in [5, 5.41) is 7.72. The van der Waals surface area contributed by atoms with E-state index in [0.29, 0.717) is 12.5 Å². The van der Waals surface area contributed by atoms with Crippen LogP contribution < -0.4 is 0 Å². The molecule has 1 atom stereocenters. The topological polar surface area (TPSA) is 63.6 Å². The Bertz CT molecular complexity index is 221. The molecule has 0 aliphatic carbocycles. The molecule has 0 radical (unpaired) electrons. The maximum atomic E-state index is 10.8. The minimum Gasteiger partial charge on any atom is -0.481 e. The van der Waals surface area contributed by atoms with Gasteiger partial charge >= 0.3 is 11.9 Å². The van der Waals surface area contributed by atoms with Gasteiger partial charge in [-0.1, -0.05) is 33.3 Å². The Morgan fingerprint density at radius 1 is 1.38 bits per heavy atom. The van der Waals surface area contributed by atoms with Gasteiger partial charge in [-0.15, -0.1) is 0 Å². The third-order valence-electron chi connectivity index (χ3n) is 1.81. The fraction of sp³-hybridized carbons (Fsp3) is 0.667. The van der Waals surface area contributed by atoms with Crippen LogP contribution in [0.15, 0.2) is 12.2 Å². The van der Waals surface area contributed by atoms with E-state index in [1.54, 1.807) is 19.9 Å². The molecule has 0 saturated heterocycles. The van der Waals surface area contributed by atoms with Crippen LogP contribution in [0.1, 0.15) is 40.5 Å². The molecule has 0 heterocycles. The summed E-state index contributed by atoms with van der Waals surface area (Å²) in [7, 11) is 0. The SMILES string of the molecule is CC=CC(=O)OCC(C)CC.CCC(=O)O. The van der Waals surface area contributed by atoms with E-state index >= 15 is 0 Å². The van der Waals surface area contributed by atoms with Crippen LogP contribution in [0.25, 0.3) is 0 Å². The zero-order chi connectivity index (χ0) is 13.0. The molecule has 4 nitrogen and oxygen atoms in total. The number of hydrogen-bond donors (Lipinski definition) is 1. The Labute approximate surface area is 97.3 Å². The first-order valence-electron chi connectivity index (χ1n) is 5.49. The fourth-order valence-electron chi connectivity index (χ4n) is 0.526. The lowest BCUT2D eigenvalue weighted by Crippen LogP contribution is -2.08. The summed E-state index contributed by atoms with van der Waals surface area (Å²) in [6.45, 7) is 8.06. The predicted molar refractivity (Wildman–Crippen MR) is 63.2 cm³/mol. The van der Waals surface area contributed by atoms with Crippen LogP contribution in [0.4, 0.5) is 0 Å². The highest BCUT2D eigenvalue weighted by Crippen LogP contribution is 2.00. The molecule has 0 aromatic heterocycles. The van der Waals surface area contributed by atoms with Crippen LogP contribution in [-0.2, 0) is 14.3 Å². The summed E-state index contributed by atoms with van der Waals surface area (Å²) < 4.78 is 4.91. The first-order valence-corrected chi connectivity index (χ1v) is 5.49. The maximum absolute atomic E-state index is 10.8. The average Bonchev–Trinajstić information content (AvgIpc) is 2.27. The average molecular weight is 230 g/mol. The van der Waals surface area contributed by atoms with Crippen molar-refractivity contribution in [3.8, 4) is 0 Å². The largest absolute Gasteiger partial charge is 0.481 e. The normalized spacial score (nSPS) is 11.5. The van der Waals surface area contributed by atoms with Crippen molar-refractivity contribution < 1.29 is 19.4 Å². The molecule has 0 aliphatic heterocycles. The summed E-state index contributed by atoms with van der Waals surface area (Å²) in [6.07, 6.45) is 4.38. The van der Waals surface area contributed by atoms with Gasteiger partial charge < -0.3 is 9.84 Å². The zero-order valence-corrected chi connectivity index (χ0v) is 10.5. The van der Waals surface area contributed by atoms with Crippen molar-refractivity contribution in [2.24, 2.45) is 5.92 Å². The van der Waals surface area contributed by atoms with Crippen molar-refractivity contribution >= 4 is 11.9 Å². The molecule has 0 saturated carbocycles. The van der Waals surface area contributed by atoms with E-state index < -0.39 is 5.97 Å². The van der Waals surface area contributed by atoms with Crippen molar-refractivity contribution in [3.05, 3.63) is 12.2 Å². The third-order valence-corrected chi connectivity index (χ3v) is 1.81. The molecule has 94 valence electrons. The number of carboxylic acids is 1. The van der Waals surface area contributed by atoms with Crippen molar-refractivity contribution in [2.75, 3.05) is 6.61 Å². The molecule has 1 N–H and O–H groups in total. The summed E-state index contributed by atoms with van der Waals surface area (Å²) in [4.78, 5) is 20.1. The number of allylic oxidation sites excluding steroid dienone is 1. The molecule has 0 spiro atoms. The zero-order valence-electron chi connectivity index (χ0n) is 10.5. The van der Waals surface area contributed by atoms with Crippen LogP contribution in [0, 0.1) is 5.92 Å². The van der Waals surface area contributed by atoms with Gasteiger partial charge in [0.1, 0.15) is 0 Å². The van der Waals surface area contributed by atoms with Crippen LogP contribution >= 0.6 is 0 Å². The Balaban J connectivity index is 0. The number of aliphatic carboxylic acids is 1. The molecular weight excluding hydrogens is 208 g/mol. The van der Waals surface area contributed by atoms with Gasteiger partial charge in [-0.05, 0) is 12.8 Å². The summed E-state index contributed by atoms with van der Waals surface area (Å²) in [5.41, 5.74) is 0. The Morgan fingerprint density at radius 2 is 1.88 bits per heavy atom. The maximum Gasteiger partial charge on any atom is 0.330 e. The van der Waals surface area contributed by atoms with Gasteiger partial charge in [0.25, 0.3) is 0 Å². The molecule has 0 aromatic carbocycles. The molecule has 1 unspecified atom stereocenters. The highest BCUT2D eigenvalue weighted by atomic mass is 16.5. The van der Waals surface area contributed by atoms with Crippen molar-refractivity contribution in [1.82, 2.24) is 0 Å². The molecule has 0 aliphatic rings. The van der Waals surface area contributed by atoms with Gasteiger partial charge in [0, 0.05) is 12.5 Å². The summed E-state index contributed by atoms with van der Waals surface area (Å²) in [6, 6.07) is 0. The molecular formula is C12H22O4. The standard InChI is InChI=1S/C9H16O2.C3H6O2/c1-4-6-9(10)11-7-8(3)5-2;1-2-3(4)5/h4,6,8H,5,7H2,1-3H3;2H2,1H3,(H,4,5). The third kappa shape index (κ3) is 15.2. The summed E-state index contributed by atoms with van der Waals surface area (Å²) >= 11 is 0. The van der Waals surface area contributed by atoms with E-state index in [0.717, 1.165) is 6.42 Å². The van der Waals surface area contributed by atoms with Crippen LogP contribution in [0.5, 0.6) is 0 Å². The molecule has 0 bridgehead atoms. The first-order chi connectivity index (χ1) is 7.47. The lowest BCUT2D eigenvalue weighted by molar-refractivity contribution is -0.139. The van der Waals surface area contributed by atoms with E-state index in [9.17, 15) is 9.59 Å². The van der Waals surface area contributed by atoms with Crippen LogP contribution in [-0.4, -0.2) is 23.7 Å². The minimum atomic E-state index is -0.745. The van der Waals surface area contributed by atoms with Crippen molar-refractivity contribution in [1.29, 1.82) is 0 Å². The highest BCUT2D eigenvalue weighted by Gasteiger charge is 2.01. The van der Waals surface area contributed by atoms with Gasteiger partial charge in [-0.3, -0.25) is 4.79 Å². The van der Waals surface area contributed by atoms with Crippen LogP contribution in [0.3, 0.4) is 0 Å². The lowest BCUT2D eigenvalue weighted by atomic mass is 10.1. The smallest absolute Gasteiger partial charge is 0.330 e. The Hall–Kier alpha value is -1.32. The predicted octanol–water partition coefficient (Wildman–Crippen LogP) is 2.63. The number of carbonyl (C=O) groups excluding carboxylic acids is 1. The number of esters is 1. The van der Waals surface area contributed by atoms with E-state index in [4.69, 9.17) is 9.84 Å². The second-order valence-electron chi connectivity index (χ2n) is 3.39. The monoisotopic (exact) mass is 230 g/mol. The molecule has 0 aromatic rings. The summed E-state index contributed by atoms with van der Waals surface area (Å²) in [5.74, 6) is -0.526. The Morgan fingerprint density at radius 3 is 2.19 bits per heavy atom. The van der Waals surface area contributed by atoms with E-state index in [-0.39, 0.29) is 12.4 Å². The second-order valence-corrected chi connectivity index (χ2v) is 3.39. The molecule has 4 heteroatoms. The van der Waals surface area contributed by atoms with Gasteiger partial charge in [-0.2, -0.15) is 0 Å². The van der Waals surface area contributed by atoms with E-state index in [1.807, 2.05) is 0 Å². The molecule has 0 fully saturated rings. The quantitative estimate of drug-likeness (QED) is 0.582. The first kappa shape index (κ1) is 17.1. The fourth-order valence-corrected chi connectivity index (χ4v) is 0.526. The lowest BCUT2D eigenvalue weighted by Gasteiger charge is -2.06. The number of carboxylic acid groups (broad SMARTS) is 1. The number of rotatable bonds is 5. The second kappa shape index (κ2) is 11.8. The van der Waals surface area contributed by atoms with Crippen LogP contribution in [0.2, 0.25) is 0 Å². The van der Waals surface area contributed by atoms with Gasteiger partial charge in [0.2, 0.25) is 0 Å². The van der Waals surface area contributed by atoms with Crippen molar-refractivity contribution in [2.45, 2.75) is 40.5 Å². The minimum absolute atomic E-state index is 0.222. The number of carbonyl (C=O) groups is 2. The Kier molecular flexibility index (Phi) is 12.6. The van der Waals surface area contributed by atoms with Gasteiger partial charge in [-0.25, -0.2) is 4.79 Å². The molecule has 0 amide bonds. The number of hydrogen-bond acceptors (Lipinski definition) is 3.